The molecule has 0 unspecified atom stereocenters. The molecule has 1 aromatic rings. The van der Waals surface area contributed by atoms with Crippen LogP contribution in [0.3, 0.4) is 0 Å². The van der Waals surface area contributed by atoms with Crippen LogP contribution in [-0.4, -0.2) is 11.5 Å². The molecule has 0 aromatic heterocycles. The van der Waals surface area contributed by atoms with E-state index in [1.165, 1.54) is 6.08 Å². The summed E-state index contributed by atoms with van der Waals surface area (Å²) >= 11 is 0. The molecule has 0 radical (unpaired) electrons. The average molecular weight is 205 g/mol. The number of nitrogens with zero attached hydrogens (tertiary/aromatic N) is 1. The second-order valence-electron chi connectivity index (χ2n) is 2.77. The molecule has 1 rings (SSSR count). The van der Waals surface area contributed by atoms with Crippen LogP contribution in [0.1, 0.15) is 5.56 Å². The minimum absolute atomic E-state index is 0.419. The molecule has 0 aliphatic heterocycles. The fraction of sp³-hybridized carbons (Fsp3) is 0.0909. The van der Waals surface area contributed by atoms with Crippen LogP contribution in [0.25, 0.3) is 6.08 Å². The Hall–Kier alpha value is -2.10. The van der Waals surface area contributed by atoms with E-state index in [0.717, 1.165) is 11.8 Å². The summed E-state index contributed by atoms with van der Waals surface area (Å²) in [5.41, 5.74) is 0.730. The number of hydrogen-bond acceptors (Lipinski definition) is 3. The van der Waals surface area contributed by atoms with E-state index in [1.807, 2.05) is 0 Å². The lowest BCUT2D eigenvalue weighted by molar-refractivity contribution is -0.400. The van der Waals surface area contributed by atoms with Crippen LogP contribution in [0.5, 0.6) is 5.75 Å². The van der Waals surface area contributed by atoms with Crippen molar-refractivity contribution in [2.75, 3.05) is 6.61 Å². The lowest BCUT2D eigenvalue weighted by atomic mass is 10.2. The second-order valence-corrected chi connectivity index (χ2v) is 2.77. The Labute approximate surface area is 87.6 Å². The van der Waals surface area contributed by atoms with Gasteiger partial charge < -0.3 is 4.74 Å². The van der Waals surface area contributed by atoms with E-state index in [9.17, 15) is 10.1 Å². The first-order chi connectivity index (χ1) is 7.22. The maximum atomic E-state index is 10.1. The van der Waals surface area contributed by atoms with Crippen LogP contribution in [0, 0.1) is 10.1 Å². The third-order valence-electron chi connectivity index (χ3n) is 1.61. The van der Waals surface area contributed by atoms with Gasteiger partial charge in [-0.15, -0.1) is 0 Å². The normalized spacial score (nSPS) is 10.1. The summed E-state index contributed by atoms with van der Waals surface area (Å²) in [4.78, 5) is 9.60. The fourth-order valence-electron chi connectivity index (χ4n) is 1.01. The molecule has 0 saturated carbocycles. The summed E-state index contributed by atoms with van der Waals surface area (Å²) in [5, 5.41) is 10.1. The van der Waals surface area contributed by atoms with E-state index >= 15 is 0 Å². The molecule has 4 heteroatoms. The standard InChI is InChI=1S/C11H11NO3/c1-2-8-15-11-5-3-4-10(9-11)6-7-12(13)14/h2-7,9H,1,8H2/b7-6+. The van der Waals surface area contributed by atoms with Gasteiger partial charge in [-0.2, -0.15) is 0 Å². The largest absolute Gasteiger partial charge is 0.490 e. The van der Waals surface area contributed by atoms with Crippen molar-refractivity contribution in [3.8, 4) is 5.75 Å². The smallest absolute Gasteiger partial charge is 0.235 e. The molecule has 78 valence electrons. The van der Waals surface area contributed by atoms with Gasteiger partial charge >= 0.3 is 0 Å². The van der Waals surface area contributed by atoms with Crippen molar-refractivity contribution >= 4 is 6.08 Å². The molecule has 0 spiro atoms. The Kier molecular flexibility index (Phi) is 4.09. The van der Waals surface area contributed by atoms with Crippen LogP contribution in [0.15, 0.2) is 43.1 Å². The van der Waals surface area contributed by atoms with Crippen molar-refractivity contribution in [2.24, 2.45) is 0 Å². The molecule has 0 atom stereocenters. The van der Waals surface area contributed by atoms with Crippen molar-refractivity contribution in [1.82, 2.24) is 0 Å². The minimum Gasteiger partial charge on any atom is -0.490 e. The first-order valence-corrected chi connectivity index (χ1v) is 4.38. The molecular formula is C11H11NO3. The van der Waals surface area contributed by atoms with E-state index < -0.39 is 4.92 Å². The highest BCUT2D eigenvalue weighted by atomic mass is 16.6. The summed E-state index contributed by atoms with van der Waals surface area (Å²) < 4.78 is 5.28. The van der Waals surface area contributed by atoms with Gasteiger partial charge in [-0.25, -0.2) is 0 Å². The van der Waals surface area contributed by atoms with Gasteiger partial charge in [0.15, 0.2) is 0 Å². The van der Waals surface area contributed by atoms with E-state index in [-0.39, 0.29) is 0 Å². The highest BCUT2D eigenvalue weighted by Gasteiger charge is 1.94. The Morgan fingerprint density at radius 2 is 2.33 bits per heavy atom. The molecule has 0 amide bonds. The van der Waals surface area contributed by atoms with Crippen LogP contribution < -0.4 is 4.74 Å². The molecule has 0 aliphatic rings. The average Bonchev–Trinajstić information content (AvgIpc) is 2.24. The summed E-state index contributed by atoms with van der Waals surface area (Å²) in [7, 11) is 0. The highest BCUT2D eigenvalue weighted by Crippen LogP contribution is 2.14. The Bertz CT molecular complexity index is 385. The van der Waals surface area contributed by atoms with Gasteiger partial charge in [0.2, 0.25) is 6.20 Å². The van der Waals surface area contributed by atoms with Crippen LogP contribution in [0.4, 0.5) is 0 Å². The third-order valence-corrected chi connectivity index (χ3v) is 1.61. The molecule has 0 N–H and O–H groups in total. The molecule has 0 fully saturated rings. The summed E-state index contributed by atoms with van der Waals surface area (Å²) in [6, 6.07) is 7.05. The lowest BCUT2D eigenvalue weighted by Gasteiger charge is -2.02. The number of nitro groups is 1. The number of benzene rings is 1. The Morgan fingerprint density at radius 3 is 3.00 bits per heavy atom. The van der Waals surface area contributed by atoms with Gasteiger partial charge in [0.05, 0.1) is 4.92 Å². The quantitative estimate of drug-likeness (QED) is 0.421. The van der Waals surface area contributed by atoms with Crippen LogP contribution in [0.2, 0.25) is 0 Å². The molecular weight excluding hydrogens is 194 g/mol. The zero-order chi connectivity index (χ0) is 11.1. The summed E-state index contributed by atoms with van der Waals surface area (Å²) in [6.07, 6.45) is 3.95. The number of hydrogen-bond donors (Lipinski definition) is 0. The molecule has 0 heterocycles. The molecule has 1 aromatic carbocycles. The first-order valence-electron chi connectivity index (χ1n) is 4.38. The van der Waals surface area contributed by atoms with Crippen molar-refractivity contribution in [2.45, 2.75) is 0 Å². The van der Waals surface area contributed by atoms with Crippen LogP contribution >= 0.6 is 0 Å². The maximum absolute atomic E-state index is 10.1. The number of ether oxygens (including phenoxy) is 1. The van der Waals surface area contributed by atoms with Gasteiger partial charge in [-0.05, 0) is 17.7 Å². The number of rotatable bonds is 5. The van der Waals surface area contributed by atoms with Crippen molar-refractivity contribution in [3.05, 3.63) is 58.8 Å². The summed E-state index contributed by atoms with van der Waals surface area (Å²) in [5.74, 6) is 0.667. The molecule has 0 bridgehead atoms. The topological polar surface area (TPSA) is 52.4 Å². The predicted octanol–water partition coefficient (Wildman–Crippen LogP) is 2.50. The zero-order valence-electron chi connectivity index (χ0n) is 8.13. The maximum Gasteiger partial charge on any atom is 0.235 e. The predicted molar refractivity (Wildman–Crippen MR) is 58.2 cm³/mol. The SMILES string of the molecule is C=CCOc1cccc(/C=C/[N+](=O)[O-])c1. The molecule has 15 heavy (non-hydrogen) atoms. The molecule has 0 saturated heterocycles. The van der Waals surface area contributed by atoms with Crippen molar-refractivity contribution in [3.63, 3.8) is 0 Å². The monoisotopic (exact) mass is 205 g/mol. The minimum atomic E-state index is -0.503. The van der Waals surface area contributed by atoms with Gasteiger partial charge in [0.1, 0.15) is 12.4 Å². The fourth-order valence-corrected chi connectivity index (χ4v) is 1.01. The van der Waals surface area contributed by atoms with E-state index in [4.69, 9.17) is 4.74 Å². The Balaban J connectivity index is 2.73. The van der Waals surface area contributed by atoms with Gasteiger partial charge in [-0.3, -0.25) is 10.1 Å². The van der Waals surface area contributed by atoms with E-state index in [2.05, 4.69) is 6.58 Å². The molecule has 0 aliphatic carbocycles. The van der Waals surface area contributed by atoms with E-state index in [1.54, 1.807) is 30.3 Å². The highest BCUT2D eigenvalue weighted by molar-refractivity contribution is 5.50. The van der Waals surface area contributed by atoms with Crippen LogP contribution in [-0.2, 0) is 0 Å². The van der Waals surface area contributed by atoms with Crippen molar-refractivity contribution in [1.29, 1.82) is 0 Å². The lowest BCUT2D eigenvalue weighted by Crippen LogP contribution is -1.92. The molecule has 4 nitrogen and oxygen atoms in total. The zero-order valence-corrected chi connectivity index (χ0v) is 8.13. The van der Waals surface area contributed by atoms with Gasteiger partial charge in [-0.1, -0.05) is 24.8 Å². The third kappa shape index (κ3) is 4.08. The summed E-state index contributed by atoms with van der Waals surface area (Å²) in [6.45, 7) is 3.95. The van der Waals surface area contributed by atoms with Gasteiger partial charge in [0, 0.05) is 6.08 Å². The first kappa shape index (κ1) is 11.0. The van der Waals surface area contributed by atoms with Crippen molar-refractivity contribution < 1.29 is 9.66 Å². The van der Waals surface area contributed by atoms with E-state index in [0.29, 0.717) is 12.4 Å². The van der Waals surface area contributed by atoms with Gasteiger partial charge in [0.25, 0.3) is 0 Å². The second kappa shape index (κ2) is 5.59. The Morgan fingerprint density at radius 1 is 1.53 bits per heavy atom.